The lowest BCUT2D eigenvalue weighted by atomic mass is 10.0. The van der Waals surface area contributed by atoms with E-state index in [1.54, 1.807) is 6.07 Å². The number of phenolic OH excluding ortho intramolecular Hbond substituents is 1. The number of nitrogens with zero attached hydrogens (tertiary/aromatic N) is 1. The Labute approximate surface area is 105 Å². The van der Waals surface area contributed by atoms with E-state index in [4.69, 9.17) is 0 Å². The van der Waals surface area contributed by atoms with Crippen molar-refractivity contribution >= 4 is 0 Å². The highest BCUT2D eigenvalue weighted by atomic mass is 16.3. The molecule has 0 radical (unpaired) electrons. The summed E-state index contributed by atoms with van der Waals surface area (Å²) in [6.45, 7) is 8.66. The van der Waals surface area contributed by atoms with E-state index in [-0.39, 0.29) is 6.04 Å². The number of rotatable bonds is 5. The SMILES string of the molecule is CCCC(C)N(C)C(C)c1cc(C)ccc1O. The Morgan fingerprint density at radius 3 is 2.53 bits per heavy atom. The molecule has 0 bridgehead atoms. The van der Waals surface area contributed by atoms with Crippen molar-refractivity contribution in [2.24, 2.45) is 0 Å². The average Bonchev–Trinajstić information content (AvgIpc) is 2.30. The average molecular weight is 235 g/mol. The summed E-state index contributed by atoms with van der Waals surface area (Å²) in [7, 11) is 2.13. The maximum Gasteiger partial charge on any atom is 0.120 e. The lowest BCUT2D eigenvalue weighted by Crippen LogP contribution is -2.31. The van der Waals surface area contributed by atoms with Crippen LogP contribution in [0.25, 0.3) is 0 Å². The molecule has 0 heterocycles. The van der Waals surface area contributed by atoms with E-state index in [0.717, 1.165) is 5.56 Å². The molecule has 1 aromatic rings. The number of aryl methyl sites for hydroxylation is 1. The molecule has 0 fully saturated rings. The zero-order chi connectivity index (χ0) is 13.0. The highest BCUT2D eigenvalue weighted by Gasteiger charge is 2.19. The van der Waals surface area contributed by atoms with Gasteiger partial charge < -0.3 is 5.11 Å². The van der Waals surface area contributed by atoms with Gasteiger partial charge in [0.1, 0.15) is 5.75 Å². The molecule has 1 N–H and O–H groups in total. The first-order chi connectivity index (χ1) is 7.97. The van der Waals surface area contributed by atoms with Gasteiger partial charge in [-0.1, -0.05) is 31.0 Å². The van der Waals surface area contributed by atoms with Crippen LogP contribution in [0.3, 0.4) is 0 Å². The molecule has 1 rings (SSSR count). The first-order valence-corrected chi connectivity index (χ1v) is 6.48. The van der Waals surface area contributed by atoms with Crippen molar-refractivity contribution in [1.82, 2.24) is 4.90 Å². The molecule has 0 amide bonds. The van der Waals surface area contributed by atoms with Gasteiger partial charge in [-0.25, -0.2) is 0 Å². The zero-order valence-corrected chi connectivity index (χ0v) is 11.7. The Balaban J connectivity index is 2.87. The van der Waals surface area contributed by atoms with Crippen molar-refractivity contribution in [3.8, 4) is 5.75 Å². The molecule has 0 saturated carbocycles. The first kappa shape index (κ1) is 14.0. The topological polar surface area (TPSA) is 23.5 Å². The molecular formula is C15H25NO. The molecular weight excluding hydrogens is 210 g/mol. The van der Waals surface area contributed by atoms with Crippen LogP contribution in [-0.2, 0) is 0 Å². The third kappa shape index (κ3) is 3.47. The summed E-state index contributed by atoms with van der Waals surface area (Å²) in [4.78, 5) is 2.33. The molecule has 2 nitrogen and oxygen atoms in total. The van der Waals surface area contributed by atoms with Crippen molar-refractivity contribution < 1.29 is 5.11 Å². The molecule has 2 unspecified atom stereocenters. The van der Waals surface area contributed by atoms with Gasteiger partial charge in [0.15, 0.2) is 0 Å². The van der Waals surface area contributed by atoms with Crippen LogP contribution < -0.4 is 0 Å². The summed E-state index contributed by atoms with van der Waals surface area (Å²) in [6, 6.07) is 6.60. The second-order valence-electron chi connectivity index (χ2n) is 5.04. The number of benzene rings is 1. The van der Waals surface area contributed by atoms with Gasteiger partial charge in [-0.15, -0.1) is 0 Å². The van der Waals surface area contributed by atoms with Gasteiger partial charge in [-0.05, 0) is 40.3 Å². The molecule has 1 aromatic carbocycles. The van der Waals surface area contributed by atoms with Crippen molar-refractivity contribution in [3.05, 3.63) is 29.3 Å². The molecule has 0 aliphatic heterocycles. The van der Waals surface area contributed by atoms with Crippen LogP contribution in [0.1, 0.15) is 50.8 Å². The smallest absolute Gasteiger partial charge is 0.120 e. The van der Waals surface area contributed by atoms with Crippen molar-refractivity contribution in [2.75, 3.05) is 7.05 Å². The fraction of sp³-hybridized carbons (Fsp3) is 0.600. The second kappa shape index (κ2) is 6.06. The van der Waals surface area contributed by atoms with Crippen molar-refractivity contribution in [2.45, 2.75) is 52.6 Å². The van der Waals surface area contributed by atoms with E-state index in [2.05, 4.69) is 45.7 Å². The third-order valence-corrected chi connectivity index (χ3v) is 3.65. The van der Waals surface area contributed by atoms with Crippen LogP contribution >= 0.6 is 0 Å². The van der Waals surface area contributed by atoms with Crippen LogP contribution in [0.2, 0.25) is 0 Å². The quantitative estimate of drug-likeness (QED) is 0.837. The van der Waals surface area contributed by atoms with E-state index in [9.17, 15) is 5.11 Å². The Kier molecular flexibility index (Phi) is 5.01. The van der Waals surface area contributed by atoms with E-state index in [1.807, 2.05) is 6.07 Å². The highest BCUT2D eigenvalue weighted by Crippen LogP contribution is 2.30. The van der Waals surface area contributed by atoms with Gasteiger partial charge in [-0.3, -0.25) is 4.90 Å². The number of phenols is 1. The molecule has 0 saturated heterocycles. The van der Waals surface area contributed by atoms with E-state index >= 15 is 0 Å². The summed E-state index contributed by atoms with van der Waals surface area (Å²) in [5.74, 6) is 0.402. The Bertz CT molecular complexity index is 362. The van der Waals surface area contributed by atoms with Crippen LogP contribution in [0, 0.1) is 6.92 Å². The third-order valence-electron chi connectivity index (χ3n) is 3.65. The van der Waals surface area contributed by atoms with E-state index in [0.29, 0.717) is 11.8 Å². The predicted octanol–water partition coefficient (Wildman–Crippen LogP) is 3.88. The van der Waals surface area contributed by atoms with Gasteiger partial charge >= 0.3 is 0 Å². The van der Waals surface area contributed by atoms with Gasteiger partial charge in [-0.2, -0.15) is 0 Å². The van der Waals surface area contributed by atoms with Gasteiger partial charge in [0.2, 0.25) is 0 Å². The molecule has 2 heteroatoms. The predicted molar refractivity (Wildman–Crippen MR) is 73.4 cm³/mol. The fourth-order valence-corrected chi connectivity index (χ4v) is 2.23. The lowest BCUT2D eigenvalue weighted by Gasteiger charge is -2.31. The largest absolute Gasteiger partial charge is 0.508 e. The zero-order valence-electron chi connectivity index (χ0n) is 11.7. The standard InChI is InChI=1S/C15H25NO/c1-6-7-12(3)16(5)13(4)14-10-11(2)8-9-15(14)17/h8-10,12-13,17H,6-7H2,1-5H3. The van der Waals surface area contributed by atoms with E-state index < -0.39 is 0 Å². The minimum atomic E-state index is 0.247. The normalized spacial score (nSPS) is 14.9. The molecule has 0 aromatic heterocycles. The summed E-state index contributed by atoms with van der Waals surface area (Å²) < 4.78 is 0. The van der Waals surface area contributed by atoms with Gasteiger partial charge in [0.05, 0.1) is 0 Å². The summed E-state index contributed by atoms with van der Waals surface area (Å²) in [5.41, 5.74) is 2.22. The maximum absolute atomic E-state index is 9.94. The van der Waals surface area contributed by atoms with E-state index in [1.165, 1.54) is 18.4 Å². The molecule has 0 spiro atoms. The second-order valence-corrected chi connectivity index (χ2v) is 5.04. The molecule has 96 valence electrons. The van der Waals surface area contributed by atoms with Crippen LogP contribution in [-0.4, -0.2) is 23.1 Å². The number of hydrogen-bond donors (Lipinski definition) is 1. The Hall–Kier alpha value is -1.02. The van der Waals surface area contributed by atoms with Crippen molar-refractivity contribution in [3.63, 3.8) is 0 Å². The minimum absolute atomic E-state index is 0.247. The molecule has 2 atom stereocenters. The summed E-state index contributed by atoms with van der Waals surface area (Å²) in [6.07, 6.45) is 2.38. The van der Waals surface area contributed by atoms with Crippen molar-refractivity contribution in [1.29, 1.82) is 0 Å². The Morgan fingerprint density at radius 2 is 1.94 bits per heavy atom. The highest BCUT2D eigenvalue weighted by molar-refractivity contribution is 5.37. The maximum atomic E-state index is 9.94. The molecule has 0 aliphatic carbocycles. The van der Waals surface area contributed by atoms with Crippen LogP contribution in [0.5, 0.6) is 5.75 Å². The summed E-state index contributed by atoms with van der Waals surface area (Å²) >= 11 is 0. The molecule has 0 aliphatic rings. The summed E-state index contributed by atoms with van der Waals surface area (Å²) in [5, 5.41) is 9.94. The van der Waals surface area contributed by atoms with Gasteiger partial charge in [0, 0.05) is 17.6 Å². The van der Waals surface area contributed by atoms with Crippen LogP contribution in [0.15, 0.2) is 18.2 Å². The monoisotopic (exact) mass is 235 g/mol. The first-order valence-electron chi connectivity index (χ1n) is 6.48. The minimum Gasteiger partial charge on any atom is -0.508 e. The number of aromatic hydroxyl groups is 1. The molecule has 17 heavy (non-hydrogen) atoms. The van der Waals surface area contributed by atoms with Gasteiger partial charge in [0.25, 0.3) is 0 Å². The lowest BCUT2D eigenvalue weighted by molar-refractivity contribution is 0.185. The van der Waals surface area contributed by atoms with Crippen LogP contribution in [0.4, 0.5) is 0 Å². The Morgan fingerprint density at radius 1 is 1.29 bits per heavy atom. The number of hydrogen-bond acceptors (Lipinski definition) is 2. The fourth-order valence-electron chi connectivity index (χ4n) is 2.23.